The maximum Gasteiger partial charge on any atom is 0.416 e. The van der Waals surface area contributed by atoms with Gasteiger partial charge >= 0.3 is 6.18 Å². The summed E-state index contributed by atoms with van der Waals surface area (Å²) in [5, 5.41) is 0. The molecule has 1 atom stereocenters. The topological polar surface area (TPSA) is 40.6 Å². The van der Waals surface area contributed by atoms with Crippen LogP contribution in [0.2, 0.25) is 0 Å². The first-order valence-corrected chi connectivity index (χ1v) is 8.48. The van der Waals surface area contributed by atoms with Gasteiger partial charge in [0.1, 0.15) is 0 Å². The zero-order chi connectivity index (χ0) is 15.4. The van der Waals surface area contributed by atoms with E-state index in [1.165, 1.54) is 10.4 Å². The quantitative estimate of drug-likeness (QED) is 0.798. The number of halogens is 3. The minimum Gasteiger partial charge on any atom is -0.365 e. The largest absolute Gasteiger partial charge is 0.416 e. The second-order valence-electron chi connectivity index (χ2n) is 5.48. The van der Waals surface area contributed by atoms with Gasteiger partial charge in [-0.2, -0.15) is 13.2 Å². The molecule has 2 heterocycles. The van der Waals surface area contributed by atoms with Crippen LogP contribution in [-0.2, 0) is 16.2 Å². The molecule has 1 saturated heterocycles. The summed E-state index contributed by atoms with van der Waals surface area (Å²) in [6.07, 6.45) is -1.70. The van der Waals surface area contributed by atoms with Gasteiger partial charge in [0.25, 0.3) is 0 Å². The fourth-order valence-corrected chi connectivity index (χ4v) is 4.04. The minimum absolute atomic E-state index is 0.0456. The third-order valence-electron chi connectivity index (χ3n) is 4.03. The summed E-state index contributed by atoms with van der Waals surface area (Å²) in [5.41, 5.74) is -0.0464. The number of nitrogens with zero attached hydrogens (tertiary/aromatic N) is 2. The zero-order valence-corrected chi connectivity index (χ0v) is 12.2. The van der Waals surface area contributed by atoms with Crippen LogP contribution >= 0.6 is 0 Å². The maximum absolute atomic E-state index is 12.9. The fourth-order valence-electron chi connectivity index (χ4n) is 3.09. The number of alkyl halides is 3. The van der Waals surface area contributed by atoms with Crippen LogP contribution in [0.3, 0.4) is 0 Å². The van der Waals surface area contributed by atoms with Crippen molar-refractivity contribution in [2.75, 3.05) is 28.6 Å². The van der Waals surface area contributed by atoms with E-state index in [4.69, 9.17) is 0 Å². The van der Waals surface area contributed by atoms with Crippen LogP contribution in [0, 0.1) is 0 Å². The molecule has 0 bridgehead atoms. The lowest BCUT2D eigenvalue weighted by Gasteiger charge is -2.40. The molecule has 0 aromatic heterocycles. The van der Waals surface area contributed by atoms with Crippen LogP contribution in [0.15, 0.2) is 18.2 Å². The average Bonchev–Trinajstić information content (AvgIpc) is 2.83. The van der Waals surface area contributed by atoms with E-state index in [1.807, 2.05) is 4.90 Å². The number of sulfonamides is 1. The average molecular weight is 320 g/mol. The molecule has 2 aliphatic rings. The smallest absolute Gasteiger partial charge is 0.365 e. The van der Waals surface area contributed by atoms with Gasteiger partial charge in [-0.05, 0) is 31.0 Å². The molecule has 0 radical (unpaired) electrons. The molecular formula is C13H15F3N2O2S. The summed E-state index contributed by atoms with van der Waals surface area (Å²) in [6, 6.07) is 3.21. The molecule has 8 heteroatoms. The summed E-state index contributed by atoms with van der Waals surface area (Å²) in [4.78, 5) is 1.90. The molecule has 1 fully saturated rings. The SMILES string of the molecule is CS(=O)(=O)N1C[C@@H]2CCCN2c2cc(C(F)(F)F)ccc21. The van der Waals surface area contributed by atoms with Gasteiger partial charge in [-0.3, -0.25) is 4.31 Å². The Kier molecular flexibility index (Phi) is 3.12. The van der Waals surface area contributed by atoms with E-state index >= 15 is 0 Å². The zero-order valence-electron chi connectivity index (χ0n) is 11.4. The first kappa shape index (κ1) is 14.5. The van der Waals surface area contributed by atoms with Crippen molar-refractivity contribution in [1.29, 1.82) is 0 Å². The summed E-state index contributed by atoms with van der Waals surface area (Å²) >= 11 is 0. The number of fused-ring (bicyclic) bond motifs is 3. The van der Waals surface area contributed by atoms with Gasteiger partial charge in [0, 0.05) is 12.6 Å². The summed E-state index contributed by atoms with van der Waals surface area (Å²) in [6.45, 7) is 0.966. The van der Waals surface area contributed by atoms with Crippen LogP contribution in [0.5, 0.6) is 0 Å². The van der Waals surface area contributed by atoms with E-state index in [1.54, 1.807) is 0 Å². The standard InChI is InChI=1S/C13H15F3N2O2S/c1-21(19,20)18-8-10-3-2-6-17(10)12-7-9(13(14,15)16)4-5-11(12)18/h4-5,7,10H,2-3,6,8H2,1H3/t10-/m0/s1. The molecule has 2 aliphatic heterocycles. The van der Waals surface area contributed by atoms with E-state index in [-0.39, 0.29) is 6.04 Å². The van der Waals surface area contributed by atoms with Gasteiger partial charge in [0.2, 0.25) is 10.0 Å². The van der Waals surface area contributed by atoms with Gasteiger partial charge < -0.3 is 4.90 Å². The number of hydrogen-bond donors (Lipinski definition) is 0. The van der Waals surface area contributed by atoms with Crippen molar-refractivity contribution in [1.82, 2.24) is 0 Å². The molecule has 1 aromatic rings. The molecule has 0 amide bonds. The second-order valence-corrected chi connectivity index (χ2v) is 7.39. The van der Waals surface area contributed by atoms with Gasteiger partial charge in [-0.1, -0.05) is 0 Å². The highest BCUT2D eigenvalue weighted by Crippen LogP contribution is 2.43. The number of hydrogen-bond acceptors (Lipinski definition) is 3. The Morgan fingerprint density at radius 1 is 1.24 bits per heavy atom. The monoisotopic (exact) mass is 320 g/mol. The molecule has 3 rings (SSSR count). The van der Waals surface area contributed by atoms with E-state index in [2.05, 4.69) is 0 Å². The third-order valence-corrected chi connectivity index (χ3v) is 5.18. The maximum atomic E-state index is 12.9. The Morgan fingerprint density at radius 2 is 1.95 bits per heavy atom. The van der Waals surface area contributed by atoms with Gasteiger partial charge in [-0.25, -0.2) is 8.42 Å². The minimum atomic E-state index is -4.43. The van der Waals surface area contributed by atoms with Crippen LogP contribution < -0.4 is 9.21 Å². The highest BCUT2D eigenvalue weighted by Gasteiger charge is 2.39. The van der Waals surface area contributed by atoms with Gasteiger partial charge in [-0.15, -0.1) is 0 Å². The highest BCUT2D eigenvalue weighted by molar-refractivity contribution is 7.92. The van der Waals surface area contributed by atoms with E-state index < -0.39 is 21.8 Å². The van der Waals surface area contributed by atoms with Crippen LogP contribution in [0.4, 0.5) is 24.5 Å². The molecule has 1 aromatic carbocycles. The fraction of sp³-hybridized carbons (Fsp3) is 0.538. The van der Waals surface area contributed by atoms with Crippen LogP contribution in [0.1, 0.15) is 18.4 Å². The van der Waals surface area contributed by atoms with Crippen molar-refractivity contribution in [2.24, 2.45) is 0 Å². The first-order valence-electron chi connectivity index (χ1n) is 6.63. The molecule has 0 N–H and O–H groups in total. The molecule has 0 saturated carbocycles. The molecule has 0 unspecified atom stereocenters. The van der Waals surface area contributed by atoms with Crippen molar-refractivity contribution >= 4 is 21.4 Å². The van der Waals surface area contributed by atoms with Crippen molar-refractivity contribution in [3.05, 3.63) is 23.8 Å². The molecule has 4 nitrogen and oxygen atoms in total. The molecule has 0 spiro atoms. The Labute approximate surface area is 121 Å². The molecule has 0 aliphatic carbocycles. The predicted molar refractivity (Wildman–Crippen MR) is 74.0 cm³/mol. The molecular weight excluding hydrogens is 305 g/mol. The van der Waals surface area contributed by atoms with Crippen LogP contribution in [-0.4, -0.2) is 33.8 Å². The highest BCUT2D eigenvalue weighted by atomic mass is 32.2. The van der Waals surface area contributed by atoms with Crippen molar-refractivity contribution < 1.29 is 21.6 Å². The number of rotatable bonds is 1. The van der Waals surface area contributed by atoms with Crippen molar-refractivity contribution in [2.45, 2.75) is 25.1 Å². The molecule has 116 valence electrons. The molecule has 21 heavy (non-hydrogen) atoms. The van der Waals surface area contributed by atoms with Crippen LogP contribution in [0.25, 0.3) is 0 Å². The summed E-state index contributed by atoms with van der Waals surface area (Å²) in [5.74, 6) is 0. The van der Waals surface area contributed by atoms with Gasteiger partial charge in [0.15, 0.2) is 0 Å². The normalized spacial score (nSPS) is 22.2. The summed E-state index contributed by atoms with van der Waals surface area (Å²) < 4.78 is 63.7. The lowest BCUT2D eigenvalue weighted by Crippen LogP contribution is -2.47. The second kappa shape index (κ2) is 4.53. The Hall–Kier alpha value is -1.44. The van der Waals surface area contributed by atoms with E-state index in [0.29, 0.717) is 24.5 Å². The third kappa shape index (κ3) is 2.45. The lowest BCUT2D eigenvalue weighted by molar-refractivity contribution is -0.137. The van der Waals surface area contributed by atoms with Crippen molar-refractivity contribution in [3.8, 4) is 0 Å². The number of anilines is 2. The Morgan fingerprint density at radius 3 is 2.57 bits per heavy atom. The first-order chi connectivity index (χ1) is 9.68. The van der Waals surface area contributed by atoms with E-state index in [0.717, 1.165) is 31.2 Å². The van der Waals surface area contributed by atoms with Crippen molar-refractivity contribution in [3.63, 3.8) is 0 Å². The number of benzene rings is 1. The predicted octanol–water partition coefficient (Wildman–Crippen LogP) is 2.45. The van der Waals surface area contributed by atoms with Gasteiger partial charge in [0.05, 0.1) is 29.7 Å². The Balaban J connectivity index is 2.15. The Bertz CT molecular complexity index is 672. The summed E-state index contributed by atoms with van der Waals surface area (Å²) in [7, 11) is -3.50. The lowest BCUT2D eigenvalue weighted by atomic mass is 10.1. The van der Waals surface area contributed by atoms with E-state index in [9.17, 15) is 21.6 Å².